The highest BCUT2D eigenvalue weighted by atomic mass is 16.3. The molecule has 6 atom stereocenters. The molecule has 1 aromatic rings. The summed E-state index contributed by atoms with van der Waals surface area (Å²) in [5.41, 5.74) is 5.73. The van der Waals surface area contributed by atoms with Gasteiger partial charge in [0.25, 0.3) is 5.91 Å². The number of carbonyl (C=O) groups is 3. The summed E-state index contributed by atoms with van der Waals surface area (Å²) in [5.74, 6) is -1.23. The van der Waals surface area contributed by atoms with E-state index in [1.54, 1.807) is 0 Å². The number of nitrogens with zero attached hydrogens (tertiary/aromatic N) is 1. The van der Waals surface area contributed by atoms with Gasteiger partial charge in [0.2, 0.25) is 11.8 Å². The first kappa shape index (κ1) is 31.2. The summed E-state index contributed by atoms with van der Waals surface area (Å²) in [6, 6.07) is 7.72. The molecule has 1 aromatic carbocycles. The normalized spacial score (nSPS) is 28.6. The molecule has 0 aromatic heterocycles. The van der Waals surface area contributed by atoms with Crippen LogP contribution in [0.3, 0.4) is 0 Å². The van der Waals surface area contributed by atoms with Gasteiger partial charge in [-0.15, -0.1) is 0 Å². The molecule has 9 nitrogen and oxygen atoms in total. The Morgan fingerprint density at radius 2 is 1.69 bits per heavy atom. The Morgan fingerprint density at radius 1 is 1.05 bits per heavy atom. The maximum absolute atomic E-state index is 14.5. The Balaban J connectivity index is 1.88. The predicted molar refractivity (Wildman–Crippen MR) is 150 cm³/mol. The van der Waals surface area contributed by atoms with E-state index in [0.29, 0.717) is 38.8 Å². The average Bonchev–Trinajstić information content (AvgIpc) is 3.40. The number of rotatable bonds is 9. The molecule has 2 unspecified atom stereocenters. The molecular weight excluding hydrogens is 494 g/mol. The lowest BCUT2D eigenvalue weighted by Crippen LogP contribution is -2.73. The van der Waals surface area contributed by atoms with Crippen LogP contribution < -0.4 is 26.8 Å². The van der Waals surface area contributed by atoms with Crippen LogP contribution in [0, 0.1) is 11.8 Å². The molecule has 9 heteroatoms. The van der Waals surface area contributed by atoms with Crippen molar-refractivity contribution in [3.63, 3.8) is 0 Å². The maximum Gasteiger partial charge on any atom is 0.284 e. The van der Waals surface area contributed by atoms with Crippen molar-refractivity contribution >= 4 is 17.7 Å². The summed E-state index contributed by atoms with van der Waals surface area (Å²) in [7, 11) is 0. The molecule has 39 heavy (non-hydrogen) atoms. The number of benzene rings is 1. The van der Waals surface area contributed by atoms with Crippen LogP contribution in [0.2, 0.25) is 0 Å². The van der Waals surface area contributed by atoms with Gasteiger partial charge in [0.1, 0.15) is 0 Å². The third-order valence-corrected chi connectivity index (χ3v) is 8.43. The Labute approximate surface area is 233 Å². The second kappa shape index (κ2) is 12.0. The van der Waals surface area contributed by atoms with Gasteiger partial charge in [-0.2, -0.15) is 0 Å². The van der Waals surface area contributed by atoms with Crippen molar-refractivity contribution in [2.75, 3.05) is 13.1 Å². The van der Waals surface area contributed by atoms with Crippen molar-refractivity contribution in [3.8, 4) is 0 Å². The second-order valence-corrected chi connectivity index (χ2v) is 13.4. The van der Waals surface area contributed by atoms with Crippen molar-refractivity contribution in [3.05, 3.63) is 35.9 Å². The van der Waals surface area contributed by atoms with E-state index in [-0.39, 0.29) is 33.7 Å². The summed E-state index contributed by atoms with van der Waals surface area (Å²) < 4.78 is 0.0299. The molecule has 0 saturated carbocycles. The molecule has 2 fully saturated rings. The molecule has 3 rings (SSSR count). The molecule has 2 aliphatic heterocycles. The monoisotopic (exact) mass is 543 g/mol. The Kier molecular flexibility index (Phi) is 9.63. The number of hydrogen-bond donors (Lipinski definition) is 4. The lowest BCUT2D eigenvalue weighted by molar-refractivity contribution is -1.01. The summed E-state index contributed by atoms with van der Waals surface area (Å²) in [6.07, 6.45) is 0.752. The van der Waals surface area contributed by atoms with Gasteiger partial charge < -0.3 is 26.0 Å². The smallest absolute Gasteiger partial charge is 0.284 e. The van der Waals surface area contributed by atoms with Crippen LogP contribution >= 0.6 is 0 Å². The van der Waals surface area contributed by atoms with Crippen molar-refractivity contribution in [1.29, 1.82) is 0 Å². The van der Waals surface area contributed by atoms with Crippen molar-refractivity contribution in [1.82, 2.24) is 16.0 Å². The lowest BCUT2D eigenvalue weighted by atomic mass is 9.87. The quantitative estimate of drug-likeness (QED) is 0.346. The lowest BCUT2D eigenvalue weighted by Gasteiger charge is -2.50. The fraction of sp³-hybridized carbons (Fsp3) is 0.700. The van der Waals surface area contributed by atoms with Crippen molar-refractivity contribution in [2.24, 2.45) is 17.6 Å². The molecule has 3 amide bonds. The molecule has 1 spiro atoms. The highest BCUT2D eigenvalue weighted by Crippen LogP contribution is 2.42. The largest absolute Gasteiger partial charge is 0.804 e. The average molecular weight is 544 g/mol. The molecule has 2 aliphatic rings. The van der Waals surface area contributed by atoms with E-state index in [4.69, 9.17) is 5.73 Å². The van der Waals surface area contributed by atoms with Gasteiger partial charge in [0.15, 0.2) is 6.04 Å². The van der Waals surface area contributed by atoms with E-state index >= 15 is 0 Å². The number of hydrogen-bond acceptors (Lipinski definition) is 6. The van der Waals surface area contributed by atoms with Crippen LogP contribution in [-0.4, -0.2) is 70.7 Å². The van der Waals surface area contributed by atoms with Crippen LogP contribution in [0.15, 0.2) is 30.3 Å². The van der Waals surface area contributed by atoms with Gasteiger partial charge in [-0.25, -0.2) is 0 Å². The number of imide groups is 1. The van der Waals surface area contributed by atoms with Crippen LogP contribution in [0.25, 0.3) is 0 Å². The van der Waals surface area contributed by atoms with Crippen molar-refractivity contribution in [2.45, 2.75) is 110 Å². The Morgan fingerprint density at radius 3 is 2.26 bits per heavy atom. The fourth-order valence-corrected chi connectivity index (χ4v) is 6.27. The minimum Gasteiger partial charge on any atom is -0.804 e. The van der Waals surface area contributed by atoms with Gasteiger partial charge >= 0.3 is 0 Å². The van der Waals surface area contributed by atoms with Gasteiger partial charge in [-0.3, -0.25) is 19.7 Å². The number of amides is 3. The molecular formula is C30H49N5O4. The van der Waals surface area contributed by atoms with Crippen LogP contribution in [0.5, 0.6) is 0 Å². The highest BCUT2D eigenvalue weighted by molar-refractivity contribution is 5.99. The topological polar surface area (TPSA) is 136 Å². The molecule has 218 valence electrons. The minimum absolute atomic E-state index is 0.0262. The third-order valence-electron chi connectivity index (χ3n) is 8.43. The van der Waals surface area contributed by atoms with Gasteiger partial charge in [-0.1, -0.05) is 58.0 Å². The number of nitrogens with two attached hydrogens (primary N) is 1. The van der Waals surface area contributed by atoms with Crippen LogP contribution in [0.1, 0.15) is 73.3 Å². The zero-order valence-corrected chi connectivity index (χ0v) is 24.8. The Hall–Kier alpha value is -2.33. The van der Waals surface area contributed by atoms with Crippen LogP contribution in [-0.2, 0) is 20.8 Å². The third kappa shape index (κ3) is 6.88. The summed E-state index contributed by atoms with van der Waals surface area (Å²) in [4.78, 5) is 40.0. The molecule has 2 saturated heterocycles. The zero-order chi connectivity index (χ0) is 29.2. The second-order valence-electron chi connectivity index (χ2n) is 13.4. The molecule has 0 bridgehead atoms. The standard InChI is InChI=1S/C30H49N5O4/c1-19(2)23(31)26(37)34-30(18-21-12-9-8-10-13-21)15-17-35(28(30)39)16-11-14-22(35)25(36)32-27(38)24(20(3)4)33-29(5,6)7/h8-10,12-13,19-20,22-24,28,33H,11,14-18,31H2,1-7H3,(H,34,37)(H,32,36,38)/t22-,23-,24-,28?,30-,35?/m0/s1. The van der Waals surface area contributed by atoms with E-state index < -0.39 is 35.8 Å². The van der Waals surface area contributed by atoms with Gasteiger partial charge in [0.05, 0.1) is 30.7 Å². The van der Waals surface area contributed by atoms with E-state index in [1.165, 1.54) is 0 Å². The number of nitrogens with one attached hydrogen (secondary N) is 3. The minimum atomic E-state index is -1.28. The van der Waals surface area contributed by atoms with Gasteiger partial charge in [0, 0.05) is 37.5 Å². The summed E-state index contributed by atoms with van der Waals surface area (Å²) in [6.45, 7) is 14.6. The fourth-order valence-electron chi connectivity index (χ4n) is 6.27. The molecule has 2 heterocycles. The first-order valence-electron chi connectivity index (χ1n) is 14.4. The number of quaternary nitrogens is 1. The predicted octanol–water partition coefficient (Wildman–Crippen LogP) is 1.19. The molecule has 5 N–H and O–H groups in total. The first-order valence-corrected chi connectivity index (χ1v) is 14.4. The van der Waals surface area contributed by atoms with E-state index in [2.05, 4.69) is 16.0 Å². The SMILES string of the molecule is CC(C)[C@H](N)C(=O)N[C@]1(Cc2ccccc2)CC[N+]2(CCC[C@H]2C(=O)NC(=O)[C@@H](NC(C)(C)C)C(C)C)C1[O-]. The van der Waals surface area contributed by atoms with Crippen molar-refractivity contribution < 1.29 is 24.0 Å². The zero-order valence-electron chi connectivity index (χ0n) is 24.8. The summed E-state index contributed by atoms with van der Waals surface area (Å²) >= 11 is 0. The van der Waals surface area contributed by atoms with Gasteiger partial charge in [-0.05, 0) is 38.2 Å². The van der Waals surface area contributed by atoms with Crippen LogP contribution in [0.4, 0.5) is 0 Å². The van der Waals surface area contributed by atoms with E-state index in [0.717, 1.165) is 5.56 Å². The highest BCUT2D eigenvalue weighted by Gasteiger charge is 2.59. The summed E-state index contributed by atoms with van der Waals surface area (Å²) in [5, 5.41) is 23.6. The number of carbonyl (C=O) groups excluding carboxylic acids is 3. The molecule has 0 radical (unpaired) electrons. The molecule has 0 aliphatic carbocycles. The maximum atomic E-state index is 14.5. The first-order chi connectivity index (χ1) is 18.1. The van der Waals surface area contributed by atoms with E-state index in [9.17, 15) is 19.5 Å². The van der Waals surface area contributed by atoms with E-state index in [1.807, 2.05) is 78.8 Å². The Bertz CT molecular complexity index is 1020.